The number of fused-ring (bicyclic) bond motifs is 1. The number of nitrogens with one attached hydrogen (secondary N) is 2. The van der Waals surface area contributed by atoms with Gasteiger partial charge >= 0.3 is 0 Å². The molecule has 3 heterocycles. The monoisotopic (exact) mass is 568 g/mol. The smallest absolute Gasteiger partial charge is 0.246 e. The van der Waals surface area contributed by atoms with Crippen molar-refractivity contribution in [3.63, 3.8) is 0 Å². The summed E-state index contributed by atoms with van der Waals surface area (Å²) in [6.45, 7) is 4.33. The SMILES string of the molecule is CC(=O)Nc1ccc2[nH]cc(C3CCN(C(CO)C4CCN(C(=O)/C=C/c5cc(F)c(F)c(F)c5)CC4)CC3)c2c1. The van der Waals surface area contributed by atoms with Gasteiger partial charge < -0.3 is 20.3 Å². The molecule has 10 heteroatoms. The zero-order valence-electron chi connectivity index (χ0n) is 23.0. The maximum atomic E-state index is 13.4. The zero-order valence-corrected chi connectivity index (χ0v) is 23.0. The summed E-state index contributed by atoms with van der Waals surface area (Å²) in [6, 6.07) is 7.61. The van der Waals surface area contributed by atoms with Crippen LogP contribution in [-0.2, 0) is 9.59 Å². The molecular formula is C31H35F3N4O3. The van der Waals surface area contributed by atoms with E-state index in [1.165, 1.54) is 24.6 Å². The van der Waals surface area contributed by atoms with Crippen molar-refractivity contribution in [2.75, 3.05) is 38.1 Å². The second-order valence-corrected chi connectivity index (χ2v) is 11.0. The lowest BCUT2D eigenvalue weighted by Gasteiger charge is -2.43. The molecule has 7 nitrogen and oxygen atoms in total. The van der Waals surface area contributed by atoms with Gasteiger partial charge in [0.25, 0.3) is 0 Å². The van der Waals surface area contributed by atoms with Crippen LogP contribution in [0.4, 0.5) is 18.9 Å². The number of carbonyl (C=O) groups excluding carboxylic acids is 2. The Hall–Kier alpha value is -3.63. The van der Waals surface area contributed by atoms with Crippen molar-refractivity contribution in [3.05, 3.63) is 71.2 Å². The standard InChI is InChI=1S/C31H35F3N4O3/c1-19(40)36-23-3-4-28-24(16-23)25(17-35-28)21-6-10-37(11-7-21)29(18-39)22-8-12-38(13-9-22)30(41)5-2-20-14-26(32)31(34)27(33)15-20/h2-5,14-17,21-22,29,35,39H,6-13,18H2,1H3,(H,36,40)/b5-2+. The third-order valence-electron chi connectivity index (χ3n) is 8.48. The van der Waals surface area contributed by atoms with Gasteiger partial charge in [0, 0.05) is 54.9 Å². The quantitative estimate of drug-likeness (QED) is 0.276. The fraction of sp³-hybridized carbons (Fsp3) is 0.419. The number of amides is 2. The highest BCUT2D eigenvalue weighted by Crippen LogP contribution is 2.36. The van der Waals surface area contributed by atoms with E-state index in [4.69, 9.17) is 0 Å². The lowest BCUT2D eigenvalue weighted by Crippen LogP contribution is -2.50. The Balaban J connectivity index is 1.15. The predicted octanol–water partition coefficient (Wildman–Crippen LogP) is 5.04. The van der Waals surface area contributed by atoms with Crippen LogP contribution in [0.3, 0.4) is 0 Å². The third-order valence-corrected chi connectivity index (χ3v) is 8.48. The number of benzene rings is 2. The number of aliphatic hydroxyl groups is 1. The topological polar surface area (TPSA) is 88.7 Å². The van der Waals surface area contributed by atoms with E-state index in [0.717, 1.165) is 67.5 Å². The van der Waals surface area contributed by atoms with Gasteiger partial charge in [0.05, 0.1) is 6.61 Å². The van der Waals surface area contributed by atoms with Gasteiger partial charge in [-0.1, -0.05) is 0 Å². The molecule has 5 rings (SSSR count). The van der Waals surface area contributed by atoms with Gasteiger partial charge in [-0.25, -0.2) is 13.2 Å². The summed E-state index contributed by atoms with van der Waals surface area (Å²) in [5.74, 6) is -3.87. The van der Waals surface area contributed by atoms with E-state index in [1.54, 1.807) is 4.90 Å². The van der Waals surface area contributed by atoms with E-state index in [0.29, 0.717) is 19.0 Å². The number of hydrogen-bond donors (Lipinski definition) is 3. The molecule has 0 radical (unpaired) electrons. The number of aromatic nitrogens is 1. The Morgan fingerprint density at radius 2 is 1.73 bits per heavy atom. The molecule has 0 saturated carbocycles. The number of piperidine rings is 2. The normalized spacial score (nSPS) is 18.3. The van der Waals surface area contributed by atoms with E-state index in [9.17, 15) is 27.9 Å². The minimum absolute atomic E-state index is 0.0169. The second kappa shape index (κ2) is 12.5. The van der Waals surface area contributed by atoms with Crippen LogP contribution in [-0.4, -0.2) is 70.5 Å². The third kappa shape index (κ3) is 6.49. The molecule has 2 aliphatic heterocycles. The lowest BCUT2D eigenvalue weighted by atomic mass is 9.84. The first-order chi connectivity index (χ1) is 19.7. The first kappa shape index (κ1) is 28.9. The number of hydrogen-bond acceptors (Lipinski definition) is 4. The Bertz CT molecular complexity index is 1420. The second-order valence-electron chi connectivity index (χ2n) is 11.0. The molecule has 2 amide bonds. The highest BCUT2D eigenvalue weighted by atomic mass is 19.2. The van der Waals surface area contributed by atoms with Crippen molar-refractivity contribution in [2.24, 2.45) is 5.92 Å². The Morgan fingerprint density at radius 3 is 2.37 bits per heavy atom. The maximum Gasteiger partial charge on any atom is 0.246 e. The van der Waals surface area contributed by atoms with Gasteiger partial charge in [-0.15, -0.1) is 0 Å². The molecule has 218 valence electrons. The van der Waals surface area contributed by atoms with E-state index in [1.807, 2.05) is 18.2 Å². The van der Waals surface area contributed by atoms with E-state index in [2.05, 4.69) is 21.4 Å². The maximum absolute atomic E-state index is 13.4. The van der Waals surface area contributed by atoms with E-state index in [-0.39, 0.29) is 35.9 Å². The minimum atomic E-state index is -1.53. The van der Waals surface area contributed by atoms with Crippen LogP contribution in [0.2, 0.25) is 0 Å². The highest BCUT2D eigenvalue weighted by Gasteiger charge is 2.34. The summed E-state index contributed by atoms with van der Waals surface area (Å²) >= 11 is 0. The average Bonchev–Trinajstić information content (AvgIpc) is 3.38. The summed E-state index contributed by atoms with van der Waals surface area (Å²) in [7, 11) is 0. The summed E-state index contributed by atoms with van der Waals surface area (Å²) in [5, 5.41) is 14.3. The fourth-order valence-electron chi connectivity index (χ4n) is 6.31. The molecular weight excluding hydrogens is 533 g/mol. The first-order valence-electron chi connectivity index (χ1n) is 14.1. The summed E-state index contributed by atoms with van der Waals surface area (Å²) < 4.78 is 40.1. The Morgan fingerprint density at radius 1 is 1.05 bits per heavy atom. The van der Waals surface area contributed by atoms with Crippen molar-refractivity contribution < 1.29 is 27.9 Å². The molecule has 0 aliphatic carbocycles. The van der Waals surface area contributed by atoms with Crippen LogP contribution in [0.1, 0.15) is 49.7 Å². The molecule has 3 aromatic rings. The largest absolute Gasteiger partial charge is 0.395 e. The Labute approximate surface area is 237 Å². The number of rotatable bonds is 7. The molecule has 1 unspecified atom stereocenters. The van der Waals surface area contributed by atoms with Gasteiger partial charge in [-0.3, -0.25) is 14.5 Å². The number of carbonyl (C=O) groups is 2. The van der Waals surface area contributed by atoms with Gasteiger partial charge in [0.2, 0.25) is 11.8 Å². The van der Waals surface area contributed by atoms with Crippen LogP contribution in [0.25, 0.3) is 17.0 Å². The molecule has 41 heavy (non-hydrogen) atoms. The summed E-state index contributed by atoms with van der Waals surface area (Å²) in [6.07, 6.45) is 8.02. The van der Waals surface area contributed by atoms with Gasteiger partial charge in [0.15, 0.2) is 17.5 Å². The fourth-order valence-corrected chi connectivity index (χ4v) is 6.31. The van der Waals surface area contributed by atoms with E-state index >= 15 is 0 Å². The van der Waals surface area contributed by atoms with Crippen molar-refractivity contribution >= 4 is 34.5 Å². The van der Waals surface area contributed by atoms with Crippen LogP contribution in [0.5, 0.6) is 0 Å². The van der Waals surface area contributed by atoms with Crippen LogP contribution in [0, 0.1) is 23.4 Å². The summed E-state index contributed by atoms with van der Waals surface area (Å²) in [4.78, 5) is 31.6. The Kier molecular flexibility index (Phi) is 8.79. The number of anilines is 1. The lowest BCUT2D eigenvalue weighted by molar-refractivity contribution is -0.127. The zero-order chi connectivity index (χ0) is 29.1. The van der Waals surface area contributed by atoms with Crippen LogP contribution >= 0.6 is 0 Å². The van der Waals surface area contributed by atoms with E-state index < -0.39 is 17.5 Å². The number of H-pyrrole nitrogens is 1. The van der Waals surface area contributed by atoms with Crippen molar-refractivity contribution in [3.8, 4) is 0 Å². The molecule has 2 fully saturated rings. The number of likely N-dealkylation sites (tertiary alicyclic amines) is 2. The molecule has 0 bridgehead atoms. The molecule has 2 saturated heterocycles. The molecule has 3 N–H and O–H groups in total. The highest BCUT2D eigenvalue weighted by molar-refractivity contribution is 5.94. The molecule has 1 aromatic heterocycles. The predicted molar refractivity (Wildman–Crippen MR) is 152 cm³/mol. The number of aliphatic hydroxyl groups excluding tert-OH is 1. The van der Waals surface area contributed by atoms with Crippen molar-refractivity contribution in [1.82, 2.24) is 14.8 Å². The van der Waals surface area contributed by atoms with Gasteiger partial charge in [-0.2, -0.15) is 0 Å². The molecule has 0 spiro atoms. The summed E-state index contributed by atoms with van der Waals surface area (Å²) in [5.41, 5.74) is 3.15. The number of aromatic amines is 1. The molecule has 1 atom stereocenters. The molecule has 2 aliphatic rings. The number of nitrogens with zero attached hydrogens (tertiary/aromatic N) is 2. The van der Waals surface area contributed by atoms with Crippen molar-refractivity contribution in [1.29, 1.82) is 0 Å². The first-order valence-corrected chi connectivity index (χ1v) is 14.1. The van der Waals surface area contributed by atoms with Crippen LogP contribution in [0.15, 0.2) is 42.6 Å². The van der Waals surface area contributed by atoms with Crippen molar-refractivity contribution in [2.45, 2.75) is 44.6 Å². The van der Waals surface area contributed by atoms with Crippen LogP contribution < -0.4 is 5.32 Å². The van der Waals surface area contributed by atoms with Gasteiger partial charge in [0.1, 0.15) is 0 Å². The van der Waals surface area contributed by atoms with Gasteiger partial charge in [-0.05, 0) is 98.1 Å². The minimum Gasteiger partial charge on any atom is -0.395 e. The average molecular weight is 569 g/mol. The number of halogens is 3. The molecule has 2 aromatic carbocycles.